The molecule has 0 radical (unpaired) electrons. The average Bonchev–Trinajstić information content (AvgIpc) is 3.09. The molecule has 1 aliphatic rings. The predicted octanol–water partition coefficient (Wildman–Crippen LogP) is 5.94. The number of ether oxygens (including phenoxy) is 2. The number of amides is 1. The van der Waals surface area contributed by atoms with Gasteiger partial charge in [-0.1, -0.05) is 38.8 Å². The Morgan fingerprint density at radius 3 is 2.47 bits per heavy atom. The average molecular weight is 464 g/mol. The Morgan fingerprint density at radius 2 is 1.76 bits per heavy atom. The van der Waals surface area contributed by atoms with Crippen molar-refractivity contribution in [3.8, 4) is 11.5 Å². The molecule has 1 aliphatic heterocycles. The number of carbonyl (C=O) groups excluding carboxylic acids is 1. The van der Waals surface area contributed by atoms with Crippen LogP contribution in [0.15, 0.2) is 39.5 Å². The molecule has 2 aromatic carbocycles. The Bertz CT molecular complexity index is 1280. The van der Waals surface area contributed by atoms with Gasteiger partial charge in [0.15, 0.2) is 16.9 Å². The lowest BCUT2D eigenvalue weighted by atomic mass is 9.96. The van der Waals surface area contributed by atoms with E-state index in [4.69, 9.17) is 13.9 Å². The van der Waals surface area contributed by atoms with Crippen LogP contribution in [0.3, 0.4) is 0 Å². The summed E-state index contributed by atoms with van der Waals surface area (Å²) in [4.78, 5) is 29.0. The molecule has 1 aromatic heterocycles. The van der Waals surface area contributed by atoms with Crippen LogP contribution in [-0.4, -0.2) is 31.1 Å². The summed E-state index contributed by atoms with van der Waals surface area (Å²) in [6, 6.07) is 8.92. The number of nitrogens with zero attached hydrogens (tertiary/aromatic N) is 1. The fourth-order valence-electron chi connectivity index (χ4n) is 4.72. The second-order valence-electron chi connectivity index (χ2n) is 9.00. The van der Waals surface area contributed by atoms with Crippen molar-refractivity contribution in [3.05, 3.63) is 68.6 Å². The molecule has 0 spiro atoms. The number of hydrogen-bond donors (Lipinski definition) is 0. The number of carbonyl (C=O) groups is 1. The topological polar surface area (TPSA) is 69.0 Å². The number of unbranched alkanes of at least 4 members (excludes halogenated alkanes) is 2. The van der Waals surface area contributed by atoms with Crippen LogP contribution in [-0.2, 0) is 0 Å². The number of methoxy groups -OCH3 is 1. The molecule has 0 N–H and O–H groups in total. The van der Waals surface area contributed by atoms with Crippen molar-refractivity contribution in [2.75, 3.05) is 20.3 Å². The van der Waals surface area contributed by atoms with E-state index in [1.54, 1.807) is 12.0 Å². The van der Waals surface area contributed by atoms with E-state index in [2.05, 4.69) is 13.8 Å². The highest BCUT2D eigenvalue weighted by Gasteiger charge is 2.42. The summed E-state index contributed by atoms with van der Waals surface area (Å²) in [5.74, 6) is 1.14. The van der Waals surface area contributed by atoms with Crippen molar-refractivity contribution >= 4 is 16.9 Å². The minimum absolute atomic E-state index is 0.144. The first kappa shape index (κ1) is 23.9. The molecule has 1 atom stereocenters. The smallest absolute Gasteiger partial charge is 0.290 e. The molecule has 0 bridgehead atoms. The third-order valence-electron chi connectivity index (χ3n) is 6.42. The molecule has 1 unspecified atom stereocenters. The number of aryl methyl sites for hydroxylation is 2. The van der Waals surface area contributed by atoms with E-state index < -0.39 is 6.04 Å². The lowest BCUT2D eigenvalue weighted by molar-refractivity contribution is 0.0725. The van der Waals surface area contributed by atoms with Gasteiger partial charge in [-0.05, 0) is 61.6 Å². The van der Waals surface area contributed by atoms with Crippen LogP contribution >= 0.6 is 0 Å². The number of hydrogen-bond acceptors (Lipinski definition) is 5. The summed E-state index contributed by atoms with van der Waals surface area (Å²) < 4.78 is 17.6. The minimum atomic E-state index is -0.533. The zero-order valence-electron chi connectivity index (χ0n) is 20.7. The Kier molecular flexibility index (Phi) is 6.96. The van der Waals surface area contributed by atoms with Crippen LogP contribution in [0.4, 0.5) is 0 Å². The van der Waals surface area contributed by atoms with Crippen LogP contribution in [0.5, 0.6) is 11.5 Å². The van der Waals surface area contributed by atoms with Gasteiger partial charge >= 0.3 is 0 Å². The molecule has 0 saturated heterocycles. The summed E-state index contributed by atoms with van der Waals surface area (Å²) in [7, 11) is 1.60. The largest absolute Gasteiger partial charge is 0.493 e. The molecule has 180 valence electrons. The molecular formula is C28H33NO5. The van der Waals surface area contributed by atoms with Gasteiger partial charge < -0.3 is 18.8 Å². The number of benzene rings is 2. The first-order valence-electron chi connectivity index (χ1n) is 12.1. The molecule has 3 aromatic rings. The van der Waals surface area contributed by atoms with Crippen LogP contribution in [0.1, 0.15) is 78.4 Å². The van der Waals surface area contributed by atoms with Gasteiger partial charge in [-0.2, -0.15) is 0 Å². The van der Waals surface area contributed by atoms with Gasteiger partial charge in [0, 0.05) is 6.54 Å². The van der Waals surface area contributed by atoms with Crippen LogP contribution < -0.4 is 14.9 Å². The monoisotopic (exact) mass is 463 g/mol. The van der Waals surface area contributed by atoms with Gasteiger partial charge in [-0.15, -0.1) is 0 Å². The fraction of sp³-hybridized carbons (Fsp3) is 0.429. The quantitative estimate of drug-likeness (QED) is 0.367. The van der Waals surface area contributed by atoms with Gasteiger partial charge in [0.1, 0.15) is 5.58 Å². The summed E-state index contributed by atoms with van der Waals surface area (Å²) in [6.45, 7) is 9.20. The SMILES string of the molecule is CCCCOc1ccc(C2c3c(oc4cc(C)cc(C)c4c3=O)C(=O)N2CCCC)cc1OC. The minimum Gasteiger partial charge on any atom is -0.493 e. The first-order valence-corrected chi connectivity index (χ1v) is 12.1. The third-order valence-corrected chi connectivity index (χ3v) is 6.42. The van der Waals surface area contributed by atoms with Gasteiger partial charge in [0.25, 0.3) is 5.91 Å². The maximum absolute atomic E-state index is 13.8. The molecule has 0 saturated carbocycles. The second-order valence-corrected chi connectivity index (χ2v) is 9.00. The Balaban J connectivity index is 1.88. The predicted molar refractivity (Wildman–Crippen MR) is 133 cm³/mol. The van der Waals surface area contributed by atoms with E-state index in [0.29, 0.717) is 41.2 Å². The van der Waals surface area contributed by atoms with E-state index in [9.17, 15) is 9.59 Å². The Labute approximate surface area is 200 Å². The molecule has 6 heteroatoms. The van der Waals surface area contributed by atoms with Crippen molar-refractivity contribution in [2.24, 2.45) is 0 Å². The number of fused-ring (bicyclic) bond motifs is 2. The first-order chi connectivity index (χ1) is 16.4. The highest BCUT2D eigenvalue weighted by molar-refractivity contribution is 5.99. The van der Waals surface area contributed by atoms with Crippen molar-refractivity contribution in [1.29, 1.82) is 0 Å². The van der Waals surface area contributed by atoms with Gasteiger partial charge in [-0.25, -0.2) is 0 Å². The summed E-state index contributed by atoms with van der Waals surface area (Å²) in [5.41, 5.74) is 3.36. The lowest BCUT2D eigenvalue weighted by Crippen LogP contribution is -2.30. The lowest BCUT2D eigenvalue weighted by Gasteiger charge is -2.25. The summed E-state index contributed by atoms with van der Waals surface area (Å²) >= 11 is 0. The van der Waals surface area contributed by atoms with E-state index in [-0.39, 0.29) is 17.1 Å². The molecule has 0 fully saturated rings. The zero-order chi connectivity index (χ0) is 24.4. The van der Waals surface area contributed by atoms with E-state index in [1.165, 1.54) is 0 Å². The molecule has 2 heterocycles. The standard InChI is InChI=1S/C28H33NO5/c1-6-8-12-29-25(19-10-11-20(21(16-19)32-5)33-13-9-7-2)24-26(30)23-18(4)14-17(3)15-22(23)34-27(24)28(29)31/h10-11,14-16,25H,6-9,12-13H2,1-5H3. The summed E-state index contributed by atoms with van der Waals surface area (Å²) in [6.07, 6.45) is 3.75. The Morgan fingerprint density at radius 1 is 1.00 bits per heavy atom. The van der Waals surface area contributed by atoms with Crippen molar-refractivity contribution in [1.82, 2.24) is 4.90 Å². The fourth-order valence-corrected chi connectivity index (χ4v) is 4.72. The van der Waals surface area contributed by atoms with Crippen molar-refractivity contribution in [3.63, 3.8) is 0 Å². The molecule has 0 aliphatic carbocycles. The van der Waals surface area contributed by atoms with E-state index >= 15 is 0 Å². The van der Waals surface area contributed by atoms with Crippen molar-refractivity contribution in [2.45, 2.75) is 59.4 Å². The second kappa shape index (κ2) is 9.92. The Hall–Kier alpha value is -3.28. The van der Waals surface area contributed by atoms with Gasteiger partial charge in [0.2, 0.25) is 5.76 Å². The zero-order valence-corrected chi connectivity index (χ0v) is 20.7. The maximum atomic E-state index is 13.8. The number of rotatable bonds is 9. The van der Waals surface area contributed by atoms with Gasteiger partial charge in [-0.3, -0.25) is 9.59 Å². The molecule has 4 rings (SSSR count). The third kappa shape index (κ3) is 4.17. The van der Waals surface area contributed by atoms with E-state index in [0.717, 1.165) is 42.4 Å². The van der Waals surface area contributed by atoms with Gasteiger partial charge in [0.05, 0.1) is 30.7 Å². The highest BCUT2D eigenvalue weighted by Crippen LogP contribution is 2.41. The van der Waals surface area contributed by atoms with Crippen LogP contribution in [0, 0.1) is 13.8 Å². The van der Waals surface area contributed by atoms with Crippen LogP contribution in [0.25, 0.3) is 11.0 Å². The molecular weight excluding hydrogens is 430 g/mol. The van der Waals surface area contributed by atoms with Crippen molar-refractivity contribution < 1.29 is 18.7 Å². The molecule has 6 nitrogen and oxygen atoms in total. The molecule has 34 heavy (non-hydrogen) atoms. The van der Waals surface area contributed by atoms with E-state index in [1.807, 2.05) is 44.2 Å². The summed E-state index contributed by atoms with van der Waals surface area (Å²) in [5, 5.41) is 0.533. The maximum Gasteiger partial charge on any atom is 0.290 e. The molecule has 1 amide bonds. The van der Waals surface area contributed by atoms with Crippen LogP contribution in [0.2, 0.25) is 0 Å². The highest BCUT2D eigenvalue weighted by atomic mass is 16.5. The normalized spacial score (nSPS) is 15.1.